The van der Waals surface area contributed by atoms with Crippen LogP contribution in [0.1, 0.15) is 5.56 Å². The third-order valence-electron chi connectivity index (χ3n) is 1.41. The number of aryl methyl sites for hydroxylation is 1. The molecule has 1 unspecified atom stereocenters. The maximum Gasteiger partial charge on any atom is 0.193 e. The molecule has 66 valence electrons. The van der Waals surface area contributed by atoms with Crippen LogP contribution in [0.4, 0.5) is 0 Å². The largest absolute Gasteiger partial charge is 0.338 e. The number of halogens is 1. The fourth-order valence-electron chi connectivity index (χ4n) is 0.773. The average molecular weight is 221 g/mol. The first-order chi connectivity index (χ1) is 5.74. The van der Waals surface area contributed by atoms with Gasteiger partial charge in [-0.2, -0.15) is 0 Å². The van der Waals surface area contributed by atoms with Crippen molar-refractivity contribution in [2.24, 2.45) is 0 Å². The van der Waals surface area contributed by atoms with E-state index in [0.717, 1.165) is 0 Å². The number of hydrogen-bond acceptors (Lipinski definition) is 2. The average Bonchev–Trinajstić information content (AvgIpc) is 2.09. The molecule has 0 N–H and O–H groups in total. The van der Waals surface area contributed by atoms with Gasteiger partial charge in [-0.1, -0.05) is 40.8 Å². The molecule has 0 aliphatic heterocycles. The molecule has 0 bridgehead atoms. The van der Waals surface area contributed by atoms with E-state index in [1.807, 2.05) is 12.1 Å². The maximum atomic E-state index is 5.88. The van der Waals surface area contributed by atoms with Crippen LogP contribution in [-0.2, 0) is 4.52 Å². The zero-order valence-electron chi connectivity index (χ0n) is 6.95. The monoisotopic (exact) mass is 220 g/mol. The summed E-state index contributed by atoms with van der Waals surface area (Å²) in [6.45, 7) is 1.19. The van der Waals surface area contributed by atoms with Gasteiger partial charge in [0, 0.05) is 12.0 Å². The van der Waals surface area contributed by atoms with Crippen LogP contribution in [0, 0.1) is 6.92 Å². The normalized spacial score (nSPS) is 12.9. The molecule has 0 aromatic heterocycles. The van der Waals surface area contributed by atoms with Gasteiger partial charge >= 0.3 is 0 Å². The van der Waals surface area contributed by atoms with E-state index >= 15 is 0 Å². The van der Waals surface area contributed by atoms with Gasteiger partial charge in [0.05, 0.1) is 0 Å². The summed E-state index contributed by atoms with van der Waals surface area (Å²) in [4.78, 5) is 1.19. The van der Waals surface area contributed by atoms with Gasteiger partial charge < -0.3 is 4.52 Å². The zero-order valence-corrected chi connectivity index (χ0v) is 9.42. The van der Waals surface area contributed by atoms with E-state index in [1.165, 1.54) is 10.5 Å². The molecular weight excluding hydrogens is 211 g/mol. The Labute approximate surface area is 82.8 Å². The summed E-state index contributed by atoms with van der Waals surface area (Å²) in [5, 5.41) is 0. The Morgan fingerprint density at radius 1 is 1.42 bits per heavy atom. The van der Waals surface area contributed by atoms with Crippen LogP contribution in [-0.4, -0.2) is 7.11 Å². The van der Waals surface area contributed by atoms with E-state index in [9.17, 15) is 0 Å². The van der Waals surface area contributed by atoms with Gasteiger partial charge in [-0.25, -0.2) is 0 Å². The summed E-state index contributed by atoms with van der Waals surface area (Å²) >= 11 is 7.46. The minimum absolute atomic E-state index is 0.882. The Balaban J connectivity index is 2.69. The molecule has 0 aliphatic rings. The molecule has 0 aliphatic carbocycles. The predicted octanol–water partition coefficient (Wildman–Crippen LogP) is 4.20. The molecule has 1 atom stereocenters. The second-order valence-electron chi connectivity index (χ2n) is 2.25. The van der Waals surface area contributed by atoms with Gasteiger partial charge in [0.2, 0.25) is 0 Å². The second-order valence-corrected chi connectivity index (χ2v) is 6.73. The van der Waals surface area contributed by atoms with Crippen molar-refractivity contribution in [2.45, 2.75) is 11.8 Å². The minimum Gasteiger partial charge on any atom is -0.338 e. The van der Waals surface area contributed by atoms with Crippen molar-refractivity contribution >= 4 is 29.3 Å². The number of rotatable bonds is 3. The van der Waals surface area contributed by atoms with Crippen LogP contribution in [0.2, 0.25) is 0 Å². The lowest BCUT2D eigenvalue weighted by Gasteiger charge is -2.07. The van der Waals surface area contributed by atoms with Gasteiger partial charge in [0.15, 0.2) is 6.70 Å². The molecule has 1 aromatic carbocycles. The van der Waals surface area contributed by atoms with Gasteiger partial charge in [0.25, 0.3) is 0 Å². The minimum atomic E-state index is -0.882. The molecular formula is C8H10ClOPS. The third-order valence-corrected chi connectivity index (χ3v) is 5.00. The lowest BCUT2D eigenvalue weighted by atomic mass is 10.2. The SMILES string of the molecule is COP(Cl)Sc1ccccc1C. The second kappa shape index (κ2) is 5.08. The molecule has 1 aromatic rings. The van der Waals surface area contributed by atoms with Crippen LogP contribution in [0.3, 0.4) is 0 Å². The van der Waals surface area contributed by atoms with Crippen molar-refractivity contribution in [3.05, 3.63) is 29.8 Å². The molecule has 0 amide bonds. The Morgan fingerprint density at radius 2 is 2.08 bits per heavy atom. The lowest BCUT2D eigenvalue weighted by molar-refractivity contribution is 0.481. The Hall–Kier alpha value is 0.250. The van der Waals surface area contributed by atoms with Crippen LogP contribution >= 0.6 is 29.3 Å². The highest BCUT2D eigenvalue weighted by Gasteiger charge is 2.06. The summed E-state index contributed by atoms with van der Waals surface area (Å²) in [7, 11) is 1.63. The quantitative estimate of drug-likeness (QED) is 0.706. The van der Waals surface area contributed by atoms with E-state index in [1.54, 1.807) is 18.5 Å². The molecule has 0 saturated carbocycles. The fourth-order valence-corrected chi connectivity index (χ4v) is 3.33. The third kappa shape index (κ3) is 2.95. The predicted molar refractivity (Wildman–Crippen MR) is 56.8 cm³/mol. The topological polar surface area (TPSA) is 9.23 Å². The zero-order chi connectivity index (χ0) is 8.97. The molecule has 0 radical (unpaired) electrons. The van der Waals surface area contributed by atoms with E-state index in [4.69, 9.17) is 15.8 Å². The summed E-state index contributed by atoms with van der Waals surface area (Å²) < 4.78 is 5.00. The summed E-state index contributed by atoms with van der Waals surface area (Å²) in [5.74, 6) is 0. The van der Waals surface area contributed by atoms with Crippen LogP contribution < -0.4 is 0 Å². The van der Waals surface area contributed by atoms with E-state index in [2.05, 4.69) is 19.1 Å². The smallest absolute Gasteiger partial charge is 0.193 e. The van der Waals surface area contributed by atoms with E-state index in [-0.39, 0.29) is 0 Å². The van der Waals surface area contributed by atoms with E-state index < -0.39 is 6.70 Å². The standard InChI is InChI=1S/C8H10ClOPS/c1-7-5-3-4-6-8(7)12-11(9)10-2/h3-6H,1-2H3. The summed E-state index contributed by atoms with van der Waals surface area (Å²) in [5.41, 5.74) is 1.24. The molecule has 1 rings (SSSR count). The highest BCUT2D eigenvalue weighted by molar-refractivity contribution is 8.61. The van der Waals surface area contributed by atoms with Crippen molar-refractivity contribution < 1.29 is 4.52 Å². The lowest BCUT2D eigenvalue weighted by Crippen LogP contribution is -1.75. The maximum absolute atomic E-state index is 5.88. The van der Waals surface area contributed by atoms with E-state index in [0.29, 0.717) is 0 Å². The summed E-state index contributed by atoms with van der Waals surface area (Å²) in [6, 6.07) is 8.14. The molecule has 4 heteroatoms. The molecule has 1 nitrogen and oxygen atoms in total. The van der Waals surface area contributed by atoms with Gasteiger partial charge in [-0.3, -0.25) is 0 Å². The van der Waals surface area contributed by atoms with Crippen LogP contribution in [0.15, 0.2) is 29.2 Å². The summed E-state index contributed by atoms with van der Waals surface area (Å²) in [6.07, 6.45) is 0. The first-order valence-corrected chi connectivity index (χ1v) is 7.06. The highest BCUT2D eigenvalue weighted by atomic mass is 35.7. The molecule has 0 fully saturated rings. The fraction of sp³-hybridized carbons (Fsp3) is 0.250. The molecule has 0 saturated heterocycles. The van der Waals surface area contributed by atoms with Crippen LogP contribution in [0.25, 0.3) is 0 Å². The van der Waals surface area contributed by atoms with Crippen molar-refractivity contribution in [1.29, 1.82) is 0 Å². The Bertz CT molecular complexity index is 257. The molecule has 0 heterocycles. The highest BCUT2D eigenvalue weighted by Crippen LogP contribution is 2.58. The van der Waals surface area contributed by atoms with Crippen molar-refractivity contribution in [1.82, 2.24) is 0 Å². The first kappa shape index (κ1) is 10.3. The Morgan fingerprint density at radius 3 is 2.67 bits per heavy atom. The number of hydrogen-bond donors (Lipinski definition) is 0. The Kier molecular flexibility index (Phi) is 4.38. The molecule has 12 heavy (non-hydrogen) atoms. The number of benzene rings is 1. The first-order valence-electron chi connectivity index (χ1n) is 3.47. The van der Waals surface area contributed by atoms with Gasteiger partial charge in [-0.15, -0.1) is 0 Å². The van der Waals surface area contributed by atoms with Crippen molar-refractivity contribution in [3.8, 4) is 0 Å². The van der Waals surface area contributed by atoms with Crippen LogP contribution in [0.5, 0.6) is 0 Å². The molecule has 0 spiro atoms. The van der Waals surface area contributed by atoms with Crippen molar-refractivity contribution in [3.63, 3.8) is 0 Å². The van der Waals surface area contributed by atoms with Gasteiger partial charge in [-0.05, 0) is 18.6 Å². The van der Waals surface area contributed by atoms with Crippen molar-refractivity contribution in [2.75, 3.05) is 7.11 Å². The van der Waals surface area contributed by atoms with Gasteiger partial charge in [0.1, 0.15) is 0 Å².